The zero-order valence-corrected chi connectivity index (χ0v) is 8.96. The van der Waals surface area contributed by atoms with Gasteiger partial charge in [-0.2, -0.15) is 5.26 Å². The Kier molecular flexibility index (Phi) is 10.1. The van der Waals surface area contributed by atoms with E-state index in [0.29, 0.717) is 19.5 Å². The molecule has 0 heterocycles. The van der Waals surface area contributed by atoms with Crippen molar-refractivity contribution >= 4 is 5.91 Å². The second-order valence-electron chi connectivity index (χ2n) is 3.22. The van der Waals surface area contributed by atoms with Crippen molar-refractivity contribution in [1.29, 1.82) is 5.26 Å². The van der Waals surface area contributed by atoms with Crippen LogP contribution in [-0.4, -0.2) is 37.3 Å². The van der Waals surface area contributed by atoms with E-state index < -0.39 is 0 Å². The highest BCUT2D eigenvalue weighted by Gasteiger charge is 1.98. The fourth-order valence-electron chi connectivity index (χ4n) is 1.06. The van der Waals surface area contributed by atoms with E-state index in [1.807, 2.05) is 6.07 Å². The van der Waals surface area contributed by atoms with E-state index in [4.69, 9.17) is 10.4 Å². The SMILES string of the molecule is N#CCCNC(=O)CNCCCCCO. The van der Waals surface area contributed by atoms with Gasteiger partial charge in [-0.1, -0.05) is 0 Å². The predicted octanol–water partition coefficient (Wildman–Crippen LogP) is -0.232. The van der Waals surface area contributed by atoms with Crippen LogP contribution < -0.4 is 10.6 Å². The number of aliphatic hydroxyl groups is 1. The predicted molar refractivity (Wildman–Crippen MR) is 57.0 cm³/mol. The molecule has 0 spiro atoms. The molecule has 0 aliphatic carbocycles. The van der Waals surface area contributed by atoms with Crippen LogP contribution in [0.25, 0.3) is 0 Å². The largest absolute Gasteiger partial charge is 0.396 e. The number of hydrogen-bond donors (Lipinski definition) is 3. The zero-order chi connectivity index (χ0) is 11.4. The van der Waals surface area contributed by atoms with Crippen LogP contribution in [0.4, 0.5) is 0 Å². The Morgan fingerprint density at radius 3 is 2.73 bits per heavy atom. The van der Waals surface area contributed by atoms with Crippen molar-refractivity contribution in [2.24, 2.45) is 0 Å². The molecule has 0 saturated carbocycles. The van der Waals surface area contributed by atoms with Crippen LogP contribution in [0.2, 0.25) is 0 Å². The third-order valence-corrected chi connectivity index (χ3v) is 1.86. The minimum atomic E-state index is -0.0765. The summed E-state index contributed by atoms with van der Waals surface area (Å²) in [6.07, 6.45) is 3.10. The first-order chi connectivity index (χ1) is 7.31. The molecule has 0 aromatic carbocycles. The minimum Gasteiger partial charge on any atom is -0.396 e. The molecule has 0 unspecified atom stereocenters. The van der Waals surface area contributed by atoms with E-state index in [0.717, 1.165) is 25.8 Å². The normalized spacial score (nSPS) is 9.60. The first-order valence-corrected chi connectivity index (χ1v) is 5.26. The molecular weight excluding hydrogens is 194 g/mol. The smallest absolute Gasteiger partial charge is 0.233 e. The van der Waals surface area contributed by atoms with Crippen molar-refractivity contribution in [3.8, 4) is 6.07 Å². The number of aliphatic hydroxyl groups excluding tert-OH is 1. The van der Waals surface area contributed by atoms with Gasteiger partial charge in [-0.25, -0.2) is 0 Å². The molecule has 5 heteroatoms. The maximum absolute atomic E-state index is 11.1. The van der Waals surface area contributed by atoms with Crippen molar-refractivity contribution in [3.63, 3.8) is 0 Å². The molecule has 0 bridgehead atoms. The van der Waals surface area contributed by atoms with Crippen LogP contribution >= 0.6 is 0 Å². The lowest BCUT2D eigenvalue weighted by atomic mass is 10.2. The summed E-state index contributed by atoms with van der Waals surface area (Å²) in [5.74, 6) is -0.0765. The standard InChI is InChI=1S/C10H19N3O2/c11-5-4-7-13-10(15)9-12-6-2-1-3-8-14/h12,14H,1-4,6-9H2,(H,13,15). The topological polar surface area (TPSA) is 85.2 Å². The van der Waals surface area contributed by atoms with Gasteiger partial charge in [0.25, 0.3) is 0 Å². The van der Waals surface area contributed by atoms with Crippen LogP contribution in [0.3, 0.4) is 0 Å². The van der Waals surface area contributed by atoms with E-state index >= 15 is 0 Å². The molecule has 0 aliphatic rings. The Morgan fingerprint density at radius 2 is 2.07 bits per heavy atom. The molecule has 3 N–H and O–H groups in total. The lowest BCUT2D eigenvalue weighted by Gasteiger charge is -2.04. The molecule has 15 heavy (non-hydrogen) atoms. The first-order valence-electron chi connectivity index (χ1n) is 5.26. The molecule has 0 aliphatic heterocycles. The number of unbranched alkanes of at least 4 members (excludes halogenated alkanes) is 2. The summed E-state index contributed by atoms with van der Waals surface area (Å²) in [6, 6.07) is 1.95. The molecule has 0 fully saturated rings. The van der Waals surface area contributed by atoms with Gasteiger partial charge in [-0.3, -0.25) is 4.79 Å². The van der Waals surface area contributed by atoms with Gasteiger partial charge in [0.1, 0.15) is 0 Å². The average Bonchev–Trinajstić information content (AvgIpc) is 2.23. The zero-order valence-electron chi connectivity index (χ0n) is 8.96. The molecule has 0 rings (SSSR count). The van der Waals surface area contributed by atoms with Crippen molar-refractivity contribution in [1.82, 2.24) is 10.6 Å². The van der Waals surface area contributed by atoms with Gasteiger partial charge in [-0.15, -0.1) is 0 Å². The van der Waals surface area contributed by atoms with Crippen molar-refractivity contribution in [2.75, 3.05) is 26.2 Å². The number of rotatable bonds is 9. The number of carbonyl (C=O) groups excluding carboxylic acids is 1. The maximum Gasteiger partial charge on any atom is 0.233 e. The quantitative estimate of drug-likeness (QED) is 0.462. The van der Waals surface area contributed by atoms with Gasteiger partial charge in [0.05, 0.1) is 19.0 Å². The number of nitrogens with one attached hydrogen (secondary N) is 2. The summed E-state index contributed by atoms with van der Waals surface area (Å²) in [5.41, 5.74) is 0. The molecule has 86 valence electrons. The number of nitriles is 1. The van der Waals surface area contributed by atoms with Crippen LogP contribution in [0.15, 0.2) is 0 Å². The molecule has 0 saturated heterocycles. The lowest BCUT2D eigenvalue weighted by Crippen LogP contribution is -2.34. The third kappa shape index (κ3) is 10.8. The van der Waals surface area contributed by atoms with Gasteiger partial charge in [0.2, 0.25) is 5.91 Å². The van der Waals surface area contributed by atoms with Crippen LogP contribution in [0.5, 0.6) is 0 Å². The Labute approximate surface area is 90.5 Å². The van der Waals surface area contributed by atoms with Crippen molar-refractivity contribution in [3.05, 3.63) is 0 Å². The summed E-state index contributed by atoms with van der Waals surface area (Å²) in [6.45, 7) is 1.73. The summed E-state index contributed by atoms with van der Waals surface area (Å²) >= 11 is 0. The lowest BCUT2D eigenvalue weighted by molar-refractivity contribution is -0.120. The van der Waals surface area contributed by atoms with Gasteiger partial charge >= 0.3 is 0 Å². The van der Waals surface area contributed by atoms with Crippen LogP contribution in [-0.2, 0) is 4.79 Å². The van der Waals surface area contributed by atoms with E-state index in [1.54, 1.807) is 0 Å². The summed E-state index contributed by atoms with van der Waals surface area (Å²) in [5, 5.41) is 22.4. The molecule has 0 aromatic heterocycles. The molecule has 0 aromatic rings. The highest BCUT2D eigenvalue weighted by Crippen LogP contribution is 1.91. The maximum atomic E-state index is 11.1. The van der Waals surface area contributed by atoms with Crippen LogP contribution in [0.1, 0.15) is 25.7 Å². The fourth-order valence-corrected chi connectivity index (χ4v) is 1.06. The fraction of sp³-hybridized carbons (Fsp3) is 0.800. The minimum absolute atomic E-state index is 0.0765. The van der Waals surface area contributed by atoms with E-state index in [2.05, 4.69) is 10.6 Å². The highest BCUT2D eigenvalue weighted by molar-refractivity contribution is 5.77. The second kappa shape index (κ2) is 11.0. The number of carbonyl (C=O) groups is 1. The molecular formula is C10H19N3O2. The molecule has 5 nitrogen and oxygen atoms in total. The summed E-state index contributed by atoms with van der Waals surface area (Å²) in [4.78, 5) is 11.1. The van der Waals surface area contributed by atoms with Gasteiger partial charge in [0, 0.05) is 13.2 Å². The Balaban J connectivity index is 3.14. The van der Waals surface area contributed by atoms with E-state index in [1.165, 1.54) is 0 Å². The van der Waals surface area contributed by atoms with E-state index in [-0.39, 0.29) is 12.5 Å². The third-order valence-electron chi connectivity index (χ3n) is 1.86. The number of hydrogen-bond acceptors (Lipinski definition) is 4. The molecule has 0 radical (unpaired) electrons. The second-order valence-corrected chi connectivity index (χ2v) is 3.22. The molecule has 1 amide bonds. The van der Waals surface area contributed by atoms with Gasteiger partial charge in [0.15, 0.2) is 0 Å². The first kappa shape index (κ1) is 13.9. The summed E-state index contributed by atoms with van der Waals surface area (Å²) in [7, 11) is 0. The van der Waals surface area contributed by atoms with Gasteiger partial charge in [-0.05, 0) is 25.8 Å². The van der Waals surface area contributed by atoms with Crippen molar-refractivity contribution in [2.45, 2.75) is 25.7 Å². The van der Waals surface area contributed by atoms with E-state index in [9.17, 15) is 4.79 Å². The Morgan fingerprint density at radius 1 is 1.27 bits per heavy atom. The van der Waals surface area contributed by atoms with Crippen LogP contribution in [0, 0.1) is 11.3 Å². The average molecular weight is 213 g/mol. The monoisotopic (exact) mass is 213 g/mol. The number of nitrogens with zero attached hydrogens (tertiary/aromatic N) is 1. The summed E-state index contributed by atoms with van der Waals surface area (Å²) < 4.78 is 0. The number of amides is 1. The van der Waals surface area contributed by atoms with Gasteiger partial charge < -0.3 is 15.7 Å². The Bertz CT molecular complexity index is 201. The van der Waals surface area contributed by atoms with Crippen molar-refractivity contribution < 1.29 is 9.90 Å². The molecule has 0 atom stereocenters. The highest BCUT2D eigenvalue weighted by atomic mass is 16.2. The Hall–Kier alpha value is -1.12.